The van der Waals surface area contributed by atoms with Gasteiger partial charge in [-0.15, -0.1) is 10.2 Å². The van der Waals surface area contributed by atoms with Crippen LogP contribution < -0.4 is 0 Å². The van der Waals surface area contributed by atoms with Crippen LogP contribution in [-0.2, 0) is 12.8 Å². The second-order valence-corrected chi connectivity index (χ2v) is 6.12. The maximum absolute atomic E-state index is 5.30. The summed E-state index contributed by atoms with van der Waals surface area (Å²) >= 11 is 1.56. The fourth-order valence-corrected chi connectivity index (χ4v) is 3.12. The highest BCUT2D eigenvalue weighted by atomic mass is 32.2. The zero-order valence-corrected chi connectivity index (χ0v) is 13.7. The lowest BCUT2D eigenvalue weighted by atomic mass is 10.2. The van der Waals surface area contributed by atoms with Gasteiger partial charge in [-0.2, -0.15) is 0 Å². The lowest BCUT2D eigenvalue weighted by molar-refractivity contribution is 0.413. The Bertz CT molecular complexity index is 929. The first-order valence-corrected chi connectivity index (χ1v) is 8.37. The van der Waals surface area contributed by atoms with E-state index in [1.54, 1.807) is 18.0 Å². The van der Waals surface area contributed by atoms with Crippen LogP contribution in [0, 0.1) is 0 Å². The Balaban J connectivity index is 1.48. The molecule has 3 aromatic heterocycles. The minimum Gasteiger partial charge on any atom is -0.461 e. The first-order chi connectivity index (χ1) is 11.8. The Morgan fingerprint density at radius 2 is 1.92 bits per heavy atom. The molecule has 0 radical (unpaired) electrons. The van der Waals surface area contributed by atoms with E-state index in [-0.39, 0.29) is 0 Å². The molecule has 6 nitrogen and oxygen atoms in total. The van der Waals surface area contributed by atoms with Crippen LogP contribution in [-0.4, -0.2) is 19.9 Å². The summed E-state index contributed by atoms with van der Waals surface area (Å²) in [6.07, 6.45) is 1.61. The average Bonchev–Trinajstić information content (AvgIpc) is 3.35. The normalized spacial score (nSPS) is 11.0. The third-order valence-corrected chi connectivity index (χ3v) is 4.59. The molecule has 0 bridgehead atoms. The number of benzene rings is 1. The number of furan rings is 1. The van der Waals surface area contributed by atoms with Crippen molar-refractivity contribution in [3.8, 4) is 22.9 Å². The molecule has 0 unspecified atom stereocenters. The van der Waals surface area contributed by atoms with Crippen LogP contribution >= 0.6 is 11.8 Å². The Hall–Kier alpha value is -2.80. The van der Waals surface area contributed by atoms with E-state index < -0.39 is 0 Å². The smallest absolute Gasteiger partial charge is 0.202 e. The first kappa shape index (κ1) is 14.8. The minimum absolute atomic E-state index is 0.624. The van der Waals surface area contributed by atoms with Gasteiger partial charge in [-0.3, -0.25) is 0 Å². The molecule has 3 heterocycles. The molecule has 0 N–H and O–H groups in total. The molecular weight excluding hydrogens is 324 g/mol. The maximum atomic E-state index is 5.30. The summed E-state index contributed by atoms with van der Waals surface area (Å²) in [6.45, 7) is 0. The van der Waals surface area contributed by atoms with Crippen LogP contribution in [0.4, 0.5) is 0 Å². The summed E-state index contributed by atoms with van der Waals surface area (Å²) in [5.74, 6) is 2.78. The molecule has 0 fully saturated rings. The van der Waals surface area contributed by atoms with Gasteiger partial charge < -0.3 is 13.5 Å². The van der Waals surface area contributed by atoms with Crippen LogP contribution in [0.3, 0.4) is 0 Å². The van der Waals surface area contributed by atoms with E-state index in [0.717, 1.165) is 22.2 Å². The molecular formula is C17H14N4O2S. The standard InChI is InChI=1S/C17H14N4O2S/c1-21-16(12-6-3-2-4-7-12)18-19-17(21)24-11-13-10-15(23-20-13)14-8-5-9-22-14/h2-10H,11H2,1H3. The monoisotopic (exact) mass is 338 g/mol. The van der Waals surface area contributed by atoms with E-state index in [4.69, 9.17) is 8.94 Å². The highest BCUT2D eigenvalue weighted by Gasteiger charge is 2.13. The number of nitrogens with zero attached hydrogens (tertiary/aromatic N) is 4. The molecule has 7 heteroatoms. The van der Waals surface area contributed by atoms with Crippen LogP contribution in [0.25, 0.3) is 22.9 Å². The van der Waals surface area contributed by atoms with Crippen molar-refractivity contribution in [3.05, 3.63) is 60.5 Å². The fraction of sp³-hybridized carbons (Fsp3) is 0.118. The highest BCUT2D eigenvalue weighted by Crippen LogP contribution is 2.27. The SMILES string of the molecule is Cn1c(SCc2cc(-c3ccco3)on2)nnc1-c1ccccc1. The Morgan fingerprint density at radius 1 is 1.04 bits per heavy atom. The molecule has 0 amide bonds. The summed E-state index contributed by atoms with van der Waals surface area (Å²) in [4.78, 5) is 0. The van der Waals surface area contributed by atoms with Crippen molar-refractivity contribution in [2.45, 2.75) is 10.9 Å². The minimum atomic E-state index is 0.624. The van der Waals surface area contributed by atoms with Gasteiger partial charge >= 0.3 is 0 Å². The van der Waals surface area contributed by atoms with Gasteiger partial charge in [0.2, 0.25) is 5.76 Å². The van der Waals surface area contributed by atoms with E-state index in [1.807, 2.05) is 60.1 Å². The largest absolute Gasteiger partial charge is 0.461 e. The van der Waals surface area contributed by atoms with Crippen molar-refractivity contribution in [2.75, 3.05) is 0 Å². The summed E-state index contributed by atoms with van der Waals surface area (Å²) < 4.78 is 12.6. The lowest BCUT2D eigenvalue weighted by Crippen LogP contribution is -1.94. The van der Waals surface area contributed by atoms with Crippen molar-refractivity contribution in [3.63, 3.8) is 0 Å². The average molecular weight is 338 g/mol. The molecule has 0 aliphatic heterocycles. The number of hydrogen-bond donors (Lipinski definition) is 0. The predicted octanol–water partition coefficient (Wildman–Crippen LogP) is 4.02. The molecule has 120 valence electrons. The van der Waals surface area contributed by atoms with E-state index >= 15 is 0 Å². The van der Waals surface area contributed by atoms with E-state index in [9.17, 15) is 0 Å². The van der Waals surface area contributed by atoms with Gasteiger partial charge in [0.05, 0.1) is 12.0 Å². The lowest BCUT2D eigenvalue weighted by Gasteiger charge is -2.02. The third-order valence-electron chi connectivity index (χ3n) is 3.54. The summed E-state index contributed by atoms with van der Waals surface area (Å²) in [5.41, 5.74) is 1.87. The van der Waals surface area contributed by atoms with Crippen molar-refractivity contribution in [1.29, 1.82) is 0 Å². The molecule has 4 aromatic rings. The third kappa shape index (κ3) is 2.85. The topological polar surface area (TPSA) is 69.9 Å². The molecule has 1 aromatic carbocycles. The number of thioether (sulfide) groups is 1. The van der Waals surface area contributed by atoms with Crippen LogP contribution in [0.2, 0.25) is 0 Å². The van der Waals surface area contributed by atoms with Crippen molar-refractivity contribution < 1.29 is 8.94 Å². The van der Waals surface area contributed by atoms with E-state index in [2.05, 4.69) is 15.4 Å². The molecule has 0 aliphatic rings. The first-order valence-electron chi connectivity index (χ1n) is 7.38. The van der Waals surface area contributed by atoms with Gasteiger partial charge in [0.15, 0.2) is 16.7 Å². The Kier molecular flexibility index (Phi) is 3.92. The van der Waals surface area contributed by atoms with Gasteiger partial charge in [-0.1, -0.05) is 47.3 Å². The Labute approximate surface area is 142 Å². The zero-order chi connectivity index (χ0) is 16.4. The maximum Gasteiger partial charge on any atom is 0.202 e. The highest BCUT2D eigenvalue weighted by molar-refractivity contribution is 7.98. The number of hydrogen-bond acceptors (Lipinski definition) is 6. The predicted molar refractivity (Wildman–Crippen MR) is 90.2 cm³/mol. The number of aromatic nitrogens is 4. The molecule has 0 saturated heterocycles. The molecule has 0 aliphatic carbocycles. The summed E-state index contributed by atoms with van der Waals surface area (Å²) in [5, 5.41) is 13.4. The van der Waals surface area contributed by atoms with Gasteiger partial charge in [0.25, 0.3) is 0 Å². The zero-order valence-electron chi connectivity index (χ0n) is 12.9. The molecule has 0 atom stereocenters. The number of rotatable bonds is 5. The molecule has 0 saturated carbocycles. The van der Waals surface area contributed by atoms with Crippen molar-refractivity contribution >= 4 is 11.8 Å². The van der Waals surface area contributed by atoms with Crippen molar-refractivity contribution in [1.82, 2.24) is 19.9 Å². The van der Waals surface area contributed by atoms with Gasteiger partial charge in [-0.05, 0) is 12.1 Å². The Morgan fingerprint density at radius 3 is 2.71 bits per heavy atom. The van der Waals surface area contributed by atoms with Crippen LogP contribution in [0.5, 0.6) is 0 Å². The summed E-state index contributed by atoms with van der Waals surface area (Å²) in [6, 6.07) is 15.5. The second kappa shape index (κ2) is 6.37. The second-order valence-electron chi connectivity index (χ2n) is 5.18. The van der Waals surface area contributed by atoms with Crippen LogP contribution in [0.15, 0.2) is 68.9 Å². The quantitative estimate of drug-likeness (QED) is 0.512. The van der Waals surface area contributed by atoms with Crippen LogP contribution in [0.1, 0.15) is 5.69 Å². The molecule has 4 rings (SSSR count). The molecule has 0 spiro atoms. The van der Waals surface area contributed by atoms with Gasteiger partial charge in [-0.25, -0.2) is 0 Å². The molecule has 24 heavy (non-hydrogen) atoms. The van der Waals surface area contributed by atoms with Gasteiger partial charge in [0, 0.05) is 24.4 Å². The fourth-order valence-electron chi connectivity index (χ4n) is 2.33. The summed E-state index contributed by atoms with van der Waals surface area (Å²) in [7, 11) is 1.96. The van der Waals surface area contributed by atoms with Gasteiger partial charge in [0.1, 0.15) is 0 Å². The van der Waals surface area contributed by atoms with Crippen molar-refractivity contribution in [2.24, 2.45) is 7.05 Å². The van der Waals surface area contributed by atoms with E-state index in [1.165, 1.54) is 0 Å². The van der Waals surface area contributed by atoms with E-state index in [0.29, 0.717) is 17.3 Å².